The third kappa shape index (κ3) is 5.37. The number of nitrogens with one attached hydrogen (secondary N) is 1. The first-order valence-corrected chi connectivity index (χ1v) is 12.1. The van der Waals surface area contributed by atoms with E-state index in [0.29, 0.717) is 12.5 Å². The van der Waals surface area contributed by atoms with Crippen molar-refractivity contribution in [1.82, 2.24) is 15.3 Å². The van der Waals surface area contributed by atoms with E-state index in [0.717, 1.165) is 49.6 Å². The molecule has 0 atom stereocenters. The fourth-order valence-electron chi connectivity index (χ4n) is 3.70. The van der Waals surface area contributed by atoms with Crippen LogP contribution >= 0.6 is 22.7 Å². The van der Waals surface area contributed by atoms with Gasteiger partial charge in [0, 0.05) is 36.0 Å². The molecule has 1 fully saturated rings. The van der Waals surface area contributed by atoms with Crippen molar-refractivity contribution in [1.29, 1.82) is 0 Å². The van der Waals surface area contributed by atoms with Gasteiger partial charge < -0.3 is 15.0 Å². The zero-order valence-electron chi connectivity index (χ0n) is 17.0. The summed E-state index contributed by atoms with van der Waals surface area (Å²) in [5, 5.41) is 9.07. The molecule has 4 rings (SSSR count). The monoisotopic (exact) mass is 442 g/mol. The maximum atomic E-state index is 11.8. The second kappa shape index (κ2) is 10.0. The minimum Gasteiger partial charge on any atom is -0.443 e. The number of piperidine rings is 1. The van der Waals surface area contributed by atoms with Gasteiger partial charge in [-0.2, -0.15) is 11.3 Å². The van der Waals surface area contributed by atoms with Gasteiger partial charge in [-0.1, -0.05) is 6.07 Å². The lowest BCUT2D eigenvalue weighted by Crippen LogP contribution is -2.35. The van der Waals surface area contributed by atoms with E-state index in [-0.39, 0.29) is 12.7 Å². The molecule has 0 radical (unpaired) electrons. The van der Waals surface area contributed by atoms with Crippen LogP contribution in [0.1, 0.15) is 30.5 Å². The normalized spacial score (nSPS) is 14.6. The molecule has 4 heterocycles. The Hall–Kier alpha value is -2.45. The van der Waals surface area contributed by atoms with Gasteiger partial charge in [0.05, 0.1) is 16.9 Å². The van der Waals surface area contributed by atoms with Gasteiger partial charge in [-0.25, -0.2) is 14.8 Å². The number of nitrogens with zero attached hydrogens (tertiary/aromatic N) is 3. The van der Waals surface area contributed by atoms with E-state index in [2.05, 4.69) is 51.1 Å². The number of alkyl carbamates (subject to hydrolysis) is 1. The standard InChI is InChI=1S/C22H26N4O2S2/c1-16-12-29-14-19(16)20-3-2-4-21(25-20)26-9-6-17(7-10-26)5-8-23-22(27)28-11-18-13-30-15-24-18/h2-4,12-15,17H,5-11H2,1H3,(H,23,27). The number of amides is 1. The van der Waals surface area contributed by atoms with Crippen LogP contribution in [0, 0.1) is 12.8 Å². The molecule has 0 unspecified atom stereocenters. The number of ether oxygens (including phenoxy) is 1. The van der Waals surface area contributed by atoms with Crippen LogP contribution in [0.5, 0.6) is 0 Å². The lowest BCUT2D eigenvalue weighted by atomic mass is 9.93. The van der Waals surface area contributed by atoms with Crippen molar-refractivity contribution in [3.8, 4) is 11.3 Å². The number of aromatic nitrogens is 2. The minimum atomic E-state index is -0.370. The highest BCUT2D eigenvalue weighted by Crippen LogP contribution is 2.29. The number of hydrogen-bond acceptors (Lipinski definition) is 7. The molecule has 1 amide bonds. The zero-order chi connectivity index (χ0) is 20.8. The van der Waals surface area contributed by atoms with Crippen molar-refractivity contribution < 1.29 is 9.53 Å². The van der Waals surface area contributed by atoms with Gasteiger partial charge in [-0.15, -0.1) is 11.3 Å². The SMILES string of the molecule is Cc1cscc1-c1cccc(N2CCC(CCNC(=O)OCc3cscn3)CC2)n1. The summed E-state index contributed by atoms with van der Waals surface area (Å²) < 4.78 is 5.18. The number of hydrogen-bond donors (Lipinski definition) is 1. The number of thiazole rings is 1. The summed E-state index contributed by atoms with van der Waals surface area (Å²) >= 11 is 3.22. The van der Waals surface area contributed by atoms with Crippen molar-refractivity contribution in [2.24, 2.45) is 5.92 Å². The maximum absolute atomic E-state index is 11.8. The van der Waals surface area contributed by atoms with Crippen LogP contribution in [-0.2, 0) is 11.3 Å². The lowest BCUT2D eigenvalue weighted by molar-refractivity contribution is 0.137. The molecule has 0 spiro atoms. The van der Waals surface area contributed by atoms with E-state index in [1.54, 1.807) is 16.8 Å². The van der Waals surface area contributed by atoms with E-state index in [1.165, 1.54) is 22.5 Å². The first kappa shape index (κ1) is 20.8. The first-order valence-electron chi connectivity index (χ1n) is 10.2. The van der Waals surface area contributed by atoms with Crippen molar-refractivity contribution in [2.45, 2.75) is 32.8 Å². The summed E-state index contributed by atoms with van der Waals surface area (Å²) in [6.07, 6.45) is 2.82. The van der Waals surface area contributed by atoms with Gasteiger partial charge in [0.15, 0.2) is 0 Å². The third-order valence-electron chi connectivity index (χ3n) is 5.46. The van der Waals surface area contributed by atoms with Crippen molar-refractivity contribution in [3.05, 3.63) is 51.1 Å². The minimum absolute atomic E-state index is 0.227. The van der Waals surface area contributed by atoms with Crippen LogP contribution in [0.15, 0.2) is 39.8 Å². The Morgan fingerprint density at radius 3 is 2.83 bits per heavy atom. The fraction of sp³-hybridized carbons (Fsp3) is 0.409. The summed E-state index contributed by atoms with van der Waals surface area (Å²) in [4.78, 5) is 23.2. The average molecular weight is 443 g/mol. The molecule has 1 N–H and O–H groups in total. The van der Waals surface area contributed by atoms with Crippen LogP contribution in [-0.4, -0.2) is 35.7 Å². The van der Waals surface area contributed by atoms with Crippen LogP contribution < -0.4 is 10.2 Å². The van der Waals surface area contributed by atoms with Gasteiger partial charge >= 0.3 is 6.09 Å². The number of pyridine rings is 1. The molecule has 0 aliphatic carbocycles. The van der Waals surface area contributed by atoms with Crippen molar-refractivity contribution in [2.75, 3.05) is 24.5 Å². The second-order valence-electron chi connectivity index (χ2n) is 7.55. The topological polar surface area (TPSA) is 67.4 Å². The second-order valence-corrected chi connectivity index (χ2v) is 9.01. The molecule has 0 saturated carbocycles. The molecule has 30 heavy (non-hydrogen) atoms. The smallest absolute Gasteiger partial charge is 0.407 e. The highest BCUT2D eigenvalue weighted by molar-refractivity contribution is 7.08. The summed E-state index contributed by atoms with van der Waals surface area (Å²) in [7, 11) is 0. The Balaban J connectivity index is 1.20. The summed E-state index contributed by atoms with van der Waals surface area (Å²) in [5.74, 6) is 1.67. The molecule has 158 valence electrons. The molecular formula is C22H26N4O2S2. The average Bonchev–Trinajstić information content (AvgIpc) is 3.44. The van der Waals surface area contributed by atoms with Crippen LogP contribution in [0.4, 0.5) is 10.6 Å². The van der Waals surface area contributed by atoms with Crippen LogP contribution in [0.25, 0.3) is 11.3 Å². The van der Waals surface area contributed by atoms with Gasteiger partial charge in [0.1, 0.15) is 12.4 Å². The Morgan fingerprint density at radius 2 is 2.10 bits per heavy atom. The highest BCUT2D eigenvalue weighted by atomic mass is 32.1. The van der Waals surface area contributed by atoms with Gasteiger partial charge in [-0.3, -0.25) is 0 Å². The Morgan fingerprint density at radius 1 is 1.23 bits per heavy atom. The molecule has 1 aliphatic heterocycles. The summed E-state index contributed by atoms with van der Waals surface area (Å²) in [6.45, 7) is 5.00. The maximum Gasteiger partial charge on any atom is 0.407 e. The molecule has 3 aromatic heterocycles. The number of carbonyl (C=O) groups is 1. The summed E-state index contributed by atoms with van der Waals surface area (Å²) in [6, 6.07) is 6.29. The number of rotatable bonds is 7. The molecule has 3 aromatic rings. The van der Waals surface area contributed by atoms with Gasteiger partial charge in [-0.05, 0) is 55.2 Å². The number of anilines is 1. The molecular weight excluding hydrogens is 416 g/mol. The van der Waals surface area contributed by atoms with Crippen molar-refractivity contribution in [3.63, 3.8) is 0 Å². The molecule has 6 nitrogen and oxygen atoms in total. The van der Waals surface area contributed by atoms with E-state index in [1.807, 2.05) is 5.38 Å². The Kier molecular flexibility index (Phi) is 6.96. The molecule has 0 aromatic carbocycles. The summed E-state index contributed by atoms with van der Waals surface area (Å²) in [5.41, 5.74) is 6.08. The Labute approximate surface area is 184 Å². The largest absolute Gasteiger partial charge is 0.443 e. The fourth-order valence-corrected chi connectivity index (χ4v) is 5.09. The predicted octanol–water partition coefficient (Wildman–Crippen LogP) is 5.11. The van der Waals surface area contributed by atoms with E-state index < -0.39 is 0 Å². The van der Waals surface area contributed by atoms with Crippen molar-refractivity contribution >= 4 is 34.6 Å². The van der Waals surface area contributed by atoms with Crippen LogP contribution in [0.3, 0.4) is 0 Å². The Bertz CT molecular complexity index is 950. The first-order chi connectivity index (χ1) is 14.7. The lowest BCUT2D eigenvalue weighted by Gasteiger charge is -2.33. The molecule has 1 aliphatic rings. The number of aryl methyl sites for hydroxylation is 1. The molecule has 1 saturated heterocycles. The van der Waals surface area contributed by atoms with Gasteiger partial charge in [0.25, 0.3) is 0 Å². The predicted molar refractivity (Wildman–Crippen MR) is 122 cm³/mol. The van der Waals surface area contributed by atoms with E-state index >= 15 is 0 Å². The third-order valence-corrected chi connectivity index (χ3v) is 6.96. The molecule has 8 heteroatoms. The van der Waals surface area contributed by atoms with E-state index in [9.17, 15) is 4.79 Å². The van der Waals surface area contributed by atoms with Gasteiger partial charge in [0.2, 0.25) is 0 Å². The van der Waals surface area contributed by atoms with Crippen LogP contribution in [0.2, 0.25) is 0 Å². The van der Waals surface area contributed by atoms with E-state index in [4.69, 9.17) is 9.72 Å². The quantitative estimate of drug-likeness (QED) is 0.551. The molecule has 0 bridgehead atoms. The number of thiophene rings is 1. The highest BCUT2D eigenvalue weighted by Gasteiger charge is 2.20. The number of carbonyl (C=O) groups excluding carboxylic acids is 1. The zero-order valence-corrected chi connectivity index (χ0v) is 18.7.